The maximum atomic E-state index is 12.4. The van der Waals surface area contributed by atoms with Crippen molar-refractivity contribution in [3.05, 3.63) is 22.4 Å². The fraction of sp³-hybridized carbons (Fsp3) is 0.625. The Morgan fingerprint density at radius 2 is 1.78 bits per heavy atom. The highest BCUT2D eigenvalue weighted by Gasteiger charge is 2.26. The van der Waals surface area contributed by atoms with Gasteiger partial charge in [-0.2, -0.15) is 11.3 Å². The standard InChI is InChI=1S/C16H23N3O2S.ClH/c20-15(11-13-1-4-17-5-2-13)18-6-8-19(9-7-18)16(21)14-3-10-22-12-14;/h3,10,12-13,17H,1-2,4-9,11H2;1H. The SMILES string of the molecule is Cl.O=C(CC1CCNCC1)N1CCN(C(=O)c2ccsc2)CC1. The van der Waals surface area contributed by atoms with Crippen molar-refractivity contribution in [3.8, 4) is 0 Å². The lowest BCUT2D eigenvalue weighted by Crippen LogP contribution is -2.51. The summed E-state index contributed by atoms with van der Waals surface area (Å²) in [5.41, 5.74) is 0.763. The number of thiophene rings is 1. The summed E-state index contributed by atoms with van der Waals surface area (Å²) in [6.45, 7) is 4.68. The molecule has 3 rings (SSSR count). The second kappa shape index (κ2) is 8.66. The van der Waals surface area contributed by atoms with Gasteiger partial charge in [0.2, 0.25) is 5.91 Å². The minimum atomic E-state index is 0. The molecule has 0 aromatic carbocycles. The molecular weight excluding hydrogens is 334 g/mol. The van der Waals surface area contributed by atoms with Crippen LogP contribution in [0.15, 0.2) is 16.8 Å². The number of piperazine rings is 1. The molecule has 7 heteroatoms. The first-order valence-corrected chi connectivity index (χ1v) is 8.98. The van der Waals surface area contributed by atoms with E-state index >= 15 is 0 Å². The molecule has 0 bridgehead atoms. The van der Waals surface area contributed by atoms with Gasteiger partial charge in [0.1, 0.15) is 0 Å². The molecule has 0 saturated carbocycles. The summed E-state index contributed by atoms with van der Waals surface area (Å²) in [5.74, 6) is 0.875. The van der Waals surface area contributed by atoms with Crippen molar-refractivity contribution in [2.75, 3.05) is 39.3 Å². The van der Waals surface area contributed by atoms with Crippen molar-refractivity contribution in [3.63, 3.8) is 0 Å². The quantitative estimate of drug-likeness (QED) is 0.898. The zero-order chi connectivity index (χ0) is 15.4. The molecule has 0 radical (unpaired) electrons. The van der Waals surface area contributed by atoms with E-state index < -0.39 is 0 Å². The number of carbonyl (C=O) groups is 2. The van der Waals surface area contributed by atoms with E-state index in [1.165, 1.54) is 11.3 Å². The molecule has 3 heterocycles. The largest absolute Gasteiger partial charge is 0.339 e. The van der Waals surface area contributed by atoms with Crippen LogP contribution in [0.2, 0.25) is 0 Å². The Balaban J connectivity index is 0.00000192. The number of nitrogens with zero attached hydrogens (tertiary/aromatic N) is 2. The molecule has 128 valence electrons. The number of halogens is 1. The Morgan fingerprint density at radius 3 is 2.39 bits per heavy atom. The monoisotopic (exact) mass is 357 g/mol. The van der Waals surface area contributed by atoms with Gasteiger partial charge < -0.3 is 15.1 Å². The van der Waals surface area contributed by atoms with E-state index in [1.54, 1.807) is 0 Å². The molecule has 1 aromatic rings. The van der Waals surface area contributed by atoms with Gasteiger partial charge in [-0.25, -0.2) is 0 Å². The van der Waals surface area contributed by atoms with Crippen LogP contribution in [0.5, 0.6) is 0 Å². The van der Waals surface area contributed by atoms with Crippen LogP contribution in [0.1, 0.15) is 29.6 Å². The summed E-state index contributed by atoms with van der Waals surface area (Å²) in [7, 11) is 0. The second-order valence-electron chi connectivity index (χ2n) is 6.08. The number of carbonyl (C=O) groups excluding carboxylic acids is 2. The van der Waals surface area contributed by atoms with Crippen molar-refractivity contribution >= 4 is 35.6 Å². The van der Waals surface area contributed by atoms with Crippen LogP contribution in [0, 0.1) is 5.92 Å². The first-order valence-electron chi connectivity index (χ1n) is 8.04. The number of amides is 2. The molecule has 2 aliphatic heterocycles. The average Bonchev–Trinajstić information content (AvgIpc) is 3.10. The molecule has 2 aliphatic rings. The summed E-state index contributed by atoms with van der Waals surface area (Å²) in [6, 6.07) is 1.86. The molecule has 0 aliphatic carbocycles. The zero-order valence-electron chi connectivity index (χ0n) is 13.2. The van der Waals surface area contributed by atoms with E-state index in [-0.39, 0.29) is 24.2 Å². The van der Waals surface area contributed by atoms with Crippen LogP contribution in [-0.2, 0) is 4.79 Å². The first kappa shape index (κ1) is 18.2. The molecular formula is C16H24ClN3O2S. The van der Waals surface area contributed by atoms with Gasteiger partial charge in [0.05, 0.1) is 5.56 Å². The van der Waals surface area contributed by atoms with Crippen molar-refractivity contribution in [1.29, 1.82) is 0 Å². The molecule has 2 saturated heterocycles. The molecule has 23 heavy (non-hydrogen) atoms. The summed E-state index contributed by atoms with van der Waals surface area (Å²) in [6.07, 6.45) is 2.87. The lowest BCUT2D eigenvalue weighted by atomic mass is 9.94. The third kappa shape index (κ3) is 4.68. The highest BCUT2D eigenvalue weighted by Crippen LogP contribution is 2.18. The topological polar surface area (TPSA) is 52.7 Å². The number of piperidine rings is 1. The molecule has 1 N–H and O–H groups in total. The second-order valence-corrected chi connectivity index (χ2v) is 6.86. The van der Waals surface area contributed by atoms with Crippen LogP contribution >= 0.6 is 23.7 Å². The van der Waals surface area contributed by atoms with Crippen LogP contribution in [-0.4, -0.2) is 60.9 Å². The minimum absolute atomic E-state index is 0. The molecule has 0 atom stereocenters. The Labute approximate surface area is 147 Å². The fourth-order valence-corrected chi connectivity index (χ4v) is 3.82. The van der Waals surface area contributed by atoms with Gasteiger partial charge >= 0.3 is 0 Å². The van der Waals surface area contributed by atoms with E-state index in [2.05, 4.69) is 5.32 Å². The number of rotatable bonds is 3. The minimum Gasteiger partial charge on any atom is -0.339 e. The lowest BCUT2D eigenvalue weighted by Gasteiger charge is -2.35. The van der Waals surface area contributed by atoms with Gasteiger partial charge in [-0.15, -0.1) is 12.4 Å². The summed E-state index contributed by atoms with van der Waals surface area (Å²) < 4.78 is 0. The van der Waals surface area contributed by atoms with Gasteiger partial charge in [0.15, 0.2) is 0 Å². The Hall–Kier alpha value is -1.11. The maximum Gasteiger partial charge on any atom is 0.254 e. The van der Waals surface area contributed by atoms with Crippen LogP contribution in [0.25, 0.3) is 0 Å². The molecule has 5 nitrogen and oxygen atoms in total. The predicted molar refractivity (Wildman–Crippen MR) is 94.3 cm³/mol. The van der Waals surface area contributed by atoms with E-state index in [0.29, 0.717) is 38.5 Å². The summed E-state index contributed by atoms with van der Waals surface area (Å²) in [5, 5.41) is 7.14. The normalized spacial score (nSPS) is 19.3. The third-order valence-corrected chi connectivity index (χ3v) is 5.29. The Kier molecular flexibility index (Phi) is 6.87. The number of nitrogens with one attached hydrogen (secondary N) is 1. The number of hydrogen-bond acceptors (Lipinski definition) is 4. The fourth-order valence-electron chi connectivity index (χ4n) is 3.19. The highest BCUT2D eigenvalue weighted by molar-refractivity contribution is 7.08. The van der Waals surface area contributed by atoms with Crippen molar-refractivity contribution in [2.24, 2.45) is 5.92 Å². The van der Waals surface area contributed by atoms with Crippen molar-refractivity contribution in [1.82, 2.24) is 15.1 Å². The molecule has 2 amide bonds. The maximum absolute atomic E-state index is 12.4. The predicted octanol–water partition coefficient (Wildman–Crippen LogP) is 1.84. The Morgan fingerprint density at radius 1 is 1.13 bits per heavy atom. The van der Waals surface area contributed by atoms with Gasteiger partial charge in [-0.3, -0.25) is 9.59 Å². The van der Waals surface area contributed by atoms with E-state index in [9.17, 15) is 9.59 Å². The lowest BCUT2D eigenvalue weighted by molar-refractivity contribution is -0.133. The Bertz CT molecular complexity index is 509. The molecule has 0 unspecified atom stereocenters. The van der Waals surface area contributed by atoms with E-state index in [4.69, 9.17) is 0 Å². The zero-order valence-corrected chi connectivity index (χ0v) is 14.8. The van der Waals surface area contributed by atoms with Crippen LogP contribution in [0.4, 0.5) is 0 Å². The average molecular weight is 358 g/mol. The van der Waals surface area contributed by atoms with Gasteiger partial charge in [-0.05, 0) is 43.3 Å². The number of hydrogen-bond donors (Lipinski definition) is 1. The summed E-state index contributed by atoms with van der Waals surface area (Å²) in [4.78, 5) is 28.4. The van der Waals surface area contributed by atoms with Gasteiger partial charge in [-0.1, -0.05) is 0 Å². The van der Waals surface area contributed by atoms with E-state index in [1.807, 2.05) is 26.6 Å². The third-order valence-electron chi connectivity index (χ3n) is 4.61. The summed E-state index contributed by atoms with van der Waals surface area (Å²) >= 11 is 1.54. The van der Waals surface area contributed by atoms with Gasteiger partial charge in [0, 0.05) is 38.0 Å². The van der Waals surface area contributed by atoms with E-state index in [0.717, 1.165) is 31.5 Å². The van der Waals surface area contributed by atoms with Crippen LogP contribution in [0.3, 0.4) is 0 Å². The molecule has 1 aromatic heterocycles. The first-order chi connectivity index (χ1) is 10.7. The van der Waals surface area contributed by atoms with Crippen LogP contribution < -0.4 is 5.32 Å². The molecule has 2 fully saturated rings. The van der Waals surface area contributed by atoms with Crippen molar-refractivity contribution in [2.45, 2.75) is 19.3 Å². The van der Waals surface area contributed by atoms with Crippen molar-refractivity contribution < 1.29 is 9.59 Å². The highest BCUT2D eigenvalue weighted by atomic mass is 35.5. The smallest absolute Gasteiger partial charge is 0.254 e. The van der Waals surface area contributed by atoms with Gasteiger partial charge in [0.25, 0.3) is 5.91 Å². The molecule has 0 spiro atoms.